The molecule has 0 radical (unpaired) electrons. The van der Waals surface area contributed by atoms with Gasteiger partial charge in [-0.2, -0.15) is 10.4 Å². The van der Waals surface area contributed by atoms with Gasteiger partial charge in [-0.3, -0.25) is 9.59 Å². The van der Waals surface area contributed by atoms with E-state index in [1.54, 1.807) is 24.4 Å². The second-order valence-electron chi connectivity index (χ2n) is 5.09. The maximum atomic E-state index is 14.0. The number of rotatable bonds is 3. The van der Waals surface area contributed by atoms with E-state index in [0.717, 1.165) is 11.3 Å². The third-order valence-corrected chi connectivity index (χ3v) is 4.25. The fourth-order valence-corrected chi connectivity index (χ4v) is 2.96. The van der Waals surface area contributed by atoms with Gasteiger partial charge in [0.15, 0.2) is 5.69 Å². The van der Waals surface area contributed by atoms with Crippen LogP contribution >= 0.6 is 11.3 Å². The van der Waals surface area contributed by atoms with E-state index >= 15 is 0 Å². The quantitative estimate of drug-likeness (QED) is 0.783. The fraction of sp³-hybridized carbons (Fsp3) is 0.0588. The smallest absolute Gasteiger partial charge is 0.280 e. The summed E-state index contributed by atoms with van der Waals surface area (Å²) in [7, 11) is 0. The highest BCUT2D eigenvalue weighted by molar-refractivity contribution is 7.14. The summed E-state index contributed by atoms with van der Waals surface area (Å²) in [6.45, 7) is 1.59. The van der Waals surface area contributed by atoms with E-state index in [2.05, 4.69) is 10.4 Å². The number of thiophene rings is 1. The van der Waals surface area contributed by atoms with Crippen LogP contribution in [0.4, 0.5) is 9.39 Å². The number of aryl methyl sites for hydroxylation is 1. The summed E-state index contributed by atoms with van der Waals surface area (Å²) < 4.78 is 15.2. The Hall–Kier alpha value is -3.31. The first-order valence-electron chi connectivity index (χ1n) is 7.16. The van der Waals surface area contributed by atoms with Gasteiger partial charge in [0.05, 0.1) is 5.56 Å². The van der Waals surface area contributed by atoms with Crippen LogP contribution in [0.2, 0.25) is 0 Å². The Balaban J connectivity index is 2.04. The summed E-state index contributed by atoms with van der Waals surface area (Å²) in [4.78, 5) is 24.5. The monoisotopic (exact) mass is 354 g/mol. The van der Waals surface area contributed by atoms with Crippen LogP contribution in [0.15, 0.2) is 46.6 Å². The van der Waals surface area contributed by atoms with Gasteiger partial charge in [-0.05, 0) is 30.5 Å². The molecule has 6 nitrogen and oxygen atoms in total. The van der Waals surface area contributed by atoms with Gasteiger partial charge in [-0.15, -0.1) is 11.3 Å². The Labute approximate surface area is 145 Å². The number of hydrogen-bond donors (Lipinski definition) is 1. The molecule has 0 bridgehead atoms. The summed E-state index contributed by atoms with van der Waals surface area (Å²) in [5.41, 5.74) is -0.160. The van der Waals surface area contributed by atoms with Crippen LogP contribution in [0.25, 0.3) is 5.69 Å². The van der Waals surface area contributed by atoms with Gasteiger partial charge >= 0.3 is 0 Å². The van der Waals surface area contributed by atoms with Crippen molar-refractivity contribution in [3.8, 4) is 11.8 Å². The maximum Gasteiger partial charge on any atom is 0.280 e. The number of nitriles is 1. The first-order chi connectivity index (χ1) is 12.0. The van der Waals surface area contributed by atoms with E-state index in [1.807, 2.05) is 6.07 Å². The highest BCUT2D eigenvalue weighted by atomic mass is 32.1. The Morgan fingerprint density at radius 1 is 1.36 bits per heavy atom. The van der Waals surface area contributed by atoms with Crippen LogP contribution in [-0.4, -0.2) is 15.7 Å². The molecule has 0 saturated carbocycles. The van der Waals surface area contributed by atoms with Gasteiger partial charge in [-0.25, -0.2) is 9.07 Å². The normalized spacial score (nSPS) is 10.3. The maximum absolute atomic E-state index is 14.0. The molecule has 0 saturated heterocycles. The van der Waals surface area contributed by atoms with Crippen LogP contribution in [0, 0.1) is 24.1 Å². The minimum atomic E-state index is -0.756. The predicted octanol–water partition coefficient (Wildman–Crippen LogP) is 2.87. The molecule has 0 fully saturated rings. The molecule has 0 unspecified atom stereocenters. The van der Waals surface area contributed by atoms with Crippen LogP contribution in [0.1, 0.15) is 21.7 Å². The minimum absolute atomic E-state index is 0.128. The van der Waals surface area contributed by atoms with Crippen molar-refractivity contribution in [2.75, 3.05) is 5.32 Å². The number of nitrogens with zero attached hydrogens (tertiary/aromatic N) is 3. The second kappa shape index (κ2) is 6.67. The summed E-state index contributed by atoms with van der Waals surface area (Å²) in [5, 5.41) is 17.5. The third kappa shape index (κ3) is 3.18. The predicted molar refractivity (Wildman–Crippen MR) is 91.5 cm³/mol. The highest BCUT2D eigenvalue weighted by Crippen LogP contribution is 2.22. The second-order valence-corrected chi connectivity index (χ2v) is 6.01. The molecule has 0 aliphatic rings. The highest BCUT2D eigenvalue weighted by Gasteiger charge is 2.18. The Morgan fingerprint density at radius 2 is 2.12 bits per heavy atom. The zero-order valence-electron chi connectivity index (χ0n) is 13.0. The summed E-state index contributed by atoms with van der Waals surface area (Å²) in [5.74, 6) is -1.29. The number of anilines is 1. The molecule has 2 heterocycles. The number of nitrogens with one attached hydrogen (secondary N) is 1. The van der Waals surface area contributed by atoms with Crippen molar-refractivity contribution < 1.29 is 9.18 Å². The van der Waals surface area contributed by atoms with Crippen molar-refractivity contribution in [1.29, 1.82) is 5.26 Å². The van der Waals surface area contributed by atoms with Gasteiger partial charge in [0.2, 0.25) is 5.43 Å². The average Bonchev–Trinajstić information content (AvgIpc) is 3.03. The molecule has 2 aromatic heterocycles. The van der Waals surface area contributed by atoms with Crippen molar-refractivity contribution in [2.24, 2.45) is 0 Å². The van der Waals surface area contributed by atoms with Gasteiger partial charge in [0.1, 0.15) is 22.6 Å². The van der Waals surface area contributed by atoms with Crippen molar-refractivity contribution >= 4 is 22.2 Å². The molecule has 124 valence electrons. The van der Waals surface area contributed by atoms with E-state index < -0.39 is 17.2 Å². The number of aromatic nitrogens is 2. The Kier molecular flexibility index (Phi) is 4.41. The number of amides is 1. The molecular weight excluding hydrogens is 343 g/mol. The lowest BCUT2D eigenvalue weighted by molar-refractivity contribution is 0.101. The molecule has 0 aliphatic heterocycles. The van der Waals surface area contributed by atoms with Crippen LogP contribution < -0.4 is 10.7 Å². The molecule has 0 atom stereocenters. The largest absolute Gasteiger partial charge is 0.311 e. The van der Waals surface area contributed by atoms with E-state index in [1.165, 1.54) is 28.9 Å². The van der Waals surface area contributed by atoms with Crippen molar-refractivity contribution in [3.05, 3.63) is 74.8 Å². The first-order valence-corrected chi connectivity index (χ1v) is 8.04. The van der Waals surface area contributed by atoms with Crippen LogP contribution in [-0.2, 0) is 0 Å². The van der Waals surface area contributed by atoms with Crippen LogP contribution in [0.5, 0.6) is 0 Å². The van der Waals surface area contributed by atoms with Crippen molar-refractivity contribution in [1.82, 2.24) is 9.78 Å². The first kappa shape index (κ1) is 16.5. The lowest BCUT2D eigenvalue weighted by Gasteiger charge is -2.11. The standard InChI is InChI=1S/C17H11FN4O2S/c1-10-8-14(23)15(16(24)20-17-11(9-19)6-7-25-17)21-22(10)13-5-3-2-4-12(13)18/h2-8H,1H3,(H,20,24). The zero-order chi connectivity index (χ0) is 18.0. The number of hydrogen-bond acceptors (Lipinski definition) is 5. The summed E-state index contributed by atoms with van der Waals surface area (Å²) in [6, 6.07) is 10.6. The zero-order valence-corrected chi connectivity index (χ0v) is 13.8. The third-order valence-electron chi connectivity index (χ3n) is 3.42. The van der Waals surface area contributed by atoms with Crippen molar-refractivity contribution in [2.45, 2.75) is 6.92 Å². The summed E-state index contributed by atoms with van der Waals surface area (Å²) in [6.07, 6.45) is 0. The van der Waals surface area contributed by atoms with Gasteiger partial charge in [-0.1, -0.05) is 12.1 Å². The molecule has 3 rings (SSSR count). The fourth-order valence-electron chi connectivity index (χ4n) is 2.23. The number of carbonyl (C=O) groups is 1. The molecular formula is C17H11FN4O2S. The minimum Gasteiger partial charge on any atom is -0.311 e. The van der Waals surface area contributed by atoms with E-state index in [0.29, 0.717) is 16.3 Å². The van der Waals surface area contributed by atoms with Gasteiger partial charge in [0.25, 0.3) is 5.91 Å². The van der Waals surface area contributed by atoms with E-state index in [-0.39, 0.29) is 11.4 Å². The molecule has 1 N–H and O–H groups in total. The topological polar surface area (TPSA) is 87.8 Å². The number of carbonyl (C=O) groups excluding carboxylic acids is 1. The Bertz CT molecular complexity index is 1060. The SMILES string of the molecule is Cc1cc(=O)c(C(=O)Nc2sccc2C#N)nn1-c1ccccc1F. The number of benzene rings is 1. The lowest BCUT2D eigenvalue weighted by Crippen LogP contribution is -2.27. The molecule has 0 spiro atoms. The van der Waals surface area contributed by atoms with Crippen molar-refractivity contribution in [3.63, 3.8) is 0 Å². The molecule has 3 aromatic rings. The number of para-hydroxylation sites is 1. The Morgan fingerprint density at radius 3 is 2.84 bits per heavy atom. The molecule has 1 aromatic carbocycles. The van der Waals surface area contributed by atoms with Gasteiger partial charge < -0.3 is 5.32 Å². The number of halogens is 1. The van der Waals surface area contributed by atoms with E-state index in [9.17, 15) is 14.0 Å². The molecule has 8 heteroatoms. The molecule has 0 aliphatic carbocycles. The van der Waals surface area contributed by atoms with Gasteiger partial charge in [0, 0.05) is 11.8 Å². The van der Waals surface area contributed by atoms with Crippen LogP contribution in [0.3, 0.4) is 0 Å². The average molecular weight is 354 g/mol. The lowest BCUT2D eigenvalue weighted by atomic mass is 10.2. The summed E-state index contributed by atoms with van der Waals surface area (Å²) >= 11 is 1.16. The van der Waals surface area contributed by atoms with E-state index in [4.69, 9.17) is 5.26 Å². The molecule has 1 amide bonds. The molecule has 25 heavy (non-hydrogen) atoms.